The first-order valence-electron chi connectivity index (χ1n) is 8.49. The smallest absolute Gasteiger partial charge is 0.212 e. The van der Waals surface area contributed by atoms with E-state index in [4.69, 9.17) is 5.73 Å². The molecule has 3 heterocycles. The van der Waals surface area contributed by atoms with Crippen molar-refractivity contribution in [3.05, 3.63) is 65.5 Å². The second-order valence-electron chi connectivity index (χ2n) is 6.33. The van der Waals surface area contributed by atoms with Crippen molar-refractivity contribution >= 4 is 28.6 Å². The Morgan fingerprint density at radius 3 is 2.89 bits per heavy atom. The summed E-state index contributed by atoms with van der Waals surface area (Å²) in [4.78, 5) is 9.14. The quantitative estimate of drug-likeness (QED) is 0.403. The molecule has 1 aliphatic heterocycles. The molecule has 140 valence electrons. The lowest BCUT2D eigenvalue weighted by molar-refractivity contribution is 0.296. The molecule has 0 bridgehead atoms. The number of aromatic nitrogens is 4. The van der Waals surface area contributed by atoms with E-state index in [-0.39, 0.29) is 16.9 Å². The zero-order chi connectivity index (χ0) is 19.3. The predicted molar refractivity (Wildman–Crippen MR) is 105 cm³/mol. The SMILES string of the molecule is NC1=NC(c2cn[nH]c2-c2cccc(N([O-])O)c2)n2c(nc3ccccc32)N1. The van der Waals surface area contributed by atoms with Crippen LogP contribution in [0.25, 0.3) is 22.3 Å². The van der Waals surface area contributed by atoms with Crippen LogP contribution in [0.1, 0.15) is 11.7 Å². The van der Waals surface area contributed by atoms with Gasteiger partial charge in [-0.1, -0.05) is 24.3 Å². The number of nitrogens with two attached hydrogens (primary N) is 1. The van der Waals surface area contributed by atoms with Crippen molar-refractivity contribution in [3.63, 3.8) is 0 Å². The number of para-hydroxylation sites is 2. The fourth-order valence-electron chi connectivity index (χ4n) is 3.43. The second kappa shape index (κ2) is 6.08. The van der Waals surface area contributed by atoms with Crippen molar-refractivity contribution in [2.75, 3.05) is 10.5 Å². The average molecular weight is 375 g/mol. The number of nitrogens with one attached hydrogen (secondary N) is 2. The van der Waals surface area contributed by atoms with Gasteiger partial charge >= 0.3 is 0 Å². The molecule has 5 rings (SSSR count). The van der Waals surface area contributed by atoms with Crippen LogP contribution in [0, 0.1) is 5.21 Å². The first-order chi connectivity index (χ1) is 13.6. The van der Waals surface area contributed by atoms with Crippen LogP contribution >= 0.6 is 0 Å². The number of nitrogens with zero attached hydrogens (tertiary/aromatic N) is 5. The molecular formula is C18H15N8O2-. The van der Waals surface area contributed by atoms with E-state index < -0.39 is 6.17 Å². The molecule has 1 aliphatic rings. The van der Waals surface area contributed by atoms with Crippen LogP contribution in [0.2, 0.25) is 0 Å². The van der Waals surface area contributed by atoms with Gasteiger partial charge in [0.15, 0.2) is 12.1 Å². The summed E-state index contributed by atoms with van der Waals surface area (Å²) in [6.07, 6.45) is 1.17. The van der Waals surface area contributed by atoms with Crippen LogP contribution < -0.4 is 16.3 Å². The lowest BCUT2D eigenvalue weighted by Gasteiger charge is -2.24. The Morgan fingerprint density at radius 2 is 2.04 bits per heavy atom. The first-order valence-corrected chi connectivity index (χ1v) is 8.49. The summed E-state index contributed by atoms with van der Waals surface area (Å²) in [6.45, 7) is 0. The average Bonchev–Trinajstić information content (AvgIpc) is 3.32. The minimum absolute atomic E-state index is 0.111. The Labute approximate surface area is 158 Å². The molecule has 0 amide bonds. The van der Waals surface area contributed by atoms with Gasteiger partial charge in [-0.05, 0) is 24.3 Å². The number of hydrogen-bond donors (Lipinski definition) is 4. The predicted octanol–water partition coefficient (Wildman–Crippen LogP) is 2.41. The fourth-order valence-corrected chi connectivity index (χ4v) is 3.43. The molecule has 1 atom stereocenters. The Morgan fingerprint density at radius 1 is 1.18 bits per heavy atom. The number of aliphatic imine (C=N–C) groups is 1. The molecule has 10 heteroatoms. The summed E-state index contributed by atoms with van der Waals surface area (Å²) < 4.78 is 1.94. The second-order valence-corrected chi connectivity index (χ2v) is 6.33. The van der Waals surface area contributed by atoms with Gasteiger partial charge in [-0.2, -0.15) is 5.10 Å². The molecule has 0 spiro atoms. The monoisotopic (exact) mass is 375 g/mol. The molecule has 0 radical (unpaired) electrons. The van der Waals surface area contributed by atoms with E-state index in [9.17, 15) is 10.4 Å². The van der Waals surface area contributed by atoms with Crippen LogP contribution in [0.15, 0.2) is 59.7 Å². The van der Waals surface area contributed by atoms with Crippen molar-refractivity contribution in [2.24, 2.45) is 10.7 Å². The summed E-state index contributed by atoms with van der Waals surface area (Å²) in [5, 5.41) is 30.4. The molecular weight excluding hydrogens is 360 g/mol. The zero-order valence-corrected chi connectivity index (χ0v) is 14.4. The number of aromatic amines is 1. The Balaban J connectivity index is 1.69. The molecule has 2 aromatic carbocycles. The van der Waals surface area contributed by atoms with Gasteiger partial charge in [-0.3, -0.25) is 20.2 Å². The summed E-state index contributed by atoms with van der Waals surface area (Å²) in [5.74, 6) is 0.829. The number of rotatable bonds is 3. The van der Waals surface area contributed by atoms with Crippen LogP contribution in [0.5, 0.6) is 0 Å². The highest BCUT2D eigenvalue weighted by Gasteiger charge is 2.28. The Kier molecular flexibility index (Phi) is 3.54. The van der Waals surface area contributed by atoms with Gasteiger partial charge in [-0.15, -0.1) is 0 Å². The first kappa shape index (κ1) is 16.3. The largest absolute Gasteiger partial charge is 0.733 e. The summed E-state index contributed by atoms with van der Waals surface area (Å²) >= 11 is 0. The van der Waals surface area contributed by atoms with E-state index in [0.29, 0.717) is 17.2 Å². The number of H-pyrrole nitrogens is 1. The third kappa shape index (κ3) is 2.47. The van der Waals surface area contributed by atoms with E-state index in [1.807, 2.05) is 34.9 Å². The molecule has 1 unspecified atom stereocenters. The van der Waals surface area contributed by atoms with Crippen molar-refractivity contribution in [1.82, 2.24) is 19.7 Å². The lowest BCUT2D eigenvalue weighted by Crippen LogP contribution is -2.31. The molecule has 28 heavy (non-hydrogen) atoms. The third-order valence-electron chi connectivity index (χ3n) is 4.64. The minimum Gasteiger partial charge on any atom is -0.733 e. The molecule has 4 aromatic rings. The zero-order valence-electron chi connectivity index (χ0n) is 14.4. The summed E-state index contributed by atoms with van der Waals surface area (Å²) in [7, 11) is 0. The van der Waals surface area contributed by atoms with Gasteiger partial charge < -0.3 is 16.2 Å². The van der Waals surface area contributed by atoms with E-state index in [0.717, 1.165) is 16.6 Å². The topological polar surface area (TPSA) is 143 Å². The van der Waals surface area contributed by atoms with Crippen molar-refractivity contribution < 1.29 is 5.21 Å². The summed E-state index contributed by atoms with van der Waals surface area (Å²) in [6, 6.07) is 14.3. The van der Waals surface area contributed by atoms with Gasteiger partial charge in [0.1, 0.15) is 0 Å². The van der Waals surface area contributed by atoms with E-state index >= 15 is 0 Å². The molecule has 0 saturated heterocycles. The van der Waals surface area contributed by atoms with Crippen molar-refractivity contribution in [1.29, 1.82) is 0 Å². The maximum atomic E-state index is 11.3. The minimum atomic E-state index is -0.501. The Hall–Kier alpha value is -3.89. The van der Waals surface area contributed by atoms with E-state index in [1.54, 1.807) is 18.3 Å². The van der Waals surface area contributed by atoms with Crippen molar-refractivity contribution in [2.45, 2.75) is 6.17 Å². The van der Waals surface area contributed by atoms with E-state index in [1.165, 1.54) is 6.07 Å². The highest BCUT2D eigenvalue weighted by molar-refractivity contribution is 5.95. The molecule has 10 nitrogen and oxygen atoms in total. The number of benzene rings is 2. The van der Waals surface area contributed by atoms with Crippen molar-refractivity contribution in [3.8, 4) is 11.3 Å². The number of anilines is 2. The van der Waals surface area contributed by atoms with Crippen LogP contribution in [-0.2, 0) is 0 Å². The number of imidazole rings is 1. The summed E-state index contributed by atoms with van der Waals surface area (Å²) in [5.41, 5.74) is 9.91. The molecule has 0 aliphatic carbocycles. The number of fused-ring (bicyclic) bond motifs is 3. The van der Waals surface area contributed by atoms with Crippen LogP contribution in [0.3, 0.4) is 0 Å². The highest BCUT2D eigenvalue weighted by Crippen LogP contribution is 2.36. The normalized spacial score (nSPS) is 15.8. The molecule has 5 N–H and O–H groups in total. The van der Waals surface area contributed by atoms with Gasteiger partial charge in [0, 0.05) is 11.1 Å². The fraction of sp³-hybridized carbons (Fsp3) is 0.0556. The molecule has 2 aromatic heterocycles. The third-order valence-corrected chi connectivity index (χ3v) is 4.64. The standard InChI is InChI=1S/C18H15N8O2/c19-17-22-16(25-14-7-2-1-6-13(14)21-18(25)23-17)12-9-20-24-15(12)10-4-3-5-11(8-10)26(27)28/h1-9,16,27H,(H,20,24)(H3,19,21,22,23)/q-1. The number of hydrogen-bond acceptors (Lipinski definition) is 8. The van der Waals surface area contributed by atoms with Gasteiger partial charge in [0.2, 0.25) is 5.95 Å². The van der Waals surface area contributed by atoms with Gasteiger partial charge in [-0.25, -0.2) is 9.98 Å². The maximum absolute atomic E-state index is 11.3. The highest BCUT2D eigenvalue weighted by atomic mass is 16.8. The maximum Gasteiger partial charge on any atom is 0.212 e. The molecule has 0 saturated carbocycles. The van der Waals surface area contributed by atoms with Crippen LogP contribution in [0.4, 0.5) is 11.6 Å². The van der Waals surface area contributed by atoms with Crippen LogP contribution in [-0.4, -0.2) is 30.9 Å². The van der Waals surface area contributed by atoms with E-state index in [2.05, 4.69) is 25.5 Å². The lowest BCUT2D eigenvalue weighted by atomic mass is 10.1. The number of guanidine groups is 1. The van der Waals surface area contributed by atoms with Gasteiger partial charge in [0.05, 0.1) is 28.6 Å². The Bertz CT molecular complexity index is 1210. The molecule has 0 fully saturated rings. The van der Waals surface area contributed by atoms with Gasteiger partial charge in [0.25, 0.3) is 0 Å².